The molecule has 0 atom stereocenters. The Balaban J connectivity index is 0. The minimum Gasteiger partial charge on any atom is -0.633 e. The first-order valence-corrected chi connectivity index (χ1v) is 15.1. The molecule has 0 fully saturated rings. The summed E-state index contributed by atoms with van der Waals surface area (Å²) in [6, 6.07) is 0. The lowest BCUT2D eigenvalue weighted by atomic mass is 10.0. The van der Waals surface area contributed by atoms with Crippen molar-refractivity contribution < 1.29 is 9.85 Å². The topological polar surface area (TPSA) is 46.5 Å². The number of hydrogen-bond acceptors (Lipinski definition) is 3. The molecule has 0 aliphatic carbocycles. The van der Waals surface area contributed by atoms with Crippen molar-refractivity contribution in [3.63, 3.8) is 0 Å². The van der Waals surface area contributed by atoms with Crippen molar-refractivity contribution in [2.24, 2.45) is 5.92 Å². The second-order valence-corrected chi connectivity index (χ2v) is 11.6. The average molecular weight is 487 g/mol. The van der Waals surface area contributed by atoms with Crippen LogP contribution in [0.15, 0.2) is 0 Å². The maximum atomic E-state index is 11.3. The molecule has 0 aromatic carbocycles. The summed E-state index contributed by atoms with van der Waals surface area (Å²) in [6.45, 7) is 8.45. The van der Waals surface area contributed by atoms with Gasteiger partial charge in [0.05, 0.1) is 20.6 Å². The number of quaternary nitrogens is 1. The van der Waals surface area contributed by atoms with Crippen LogP contribution in [0.5, 0.6) is 0 Å². The molecule has 0 aromatic heterocycles. The van der Waals surface area contributed by atoms with Gasteiger partial charge >= 0.3 is 0 Å². The molecule has 0 heterocycles. The molecule has 0 bridgehead atoms. The van der Waals surface area contributed by atoms with Gasteiger partial charge in [-0.1, -0.05) is 136 Å². The molecule has 0 aliphatic heterocycles. The summed E-state index contributed by atoms with van der Waals surface area (Å²) < 4.78 is -0.131. The van der Waals surface area contributed by atoms with E-state index in [0.717, 1.165) is 31.8 Å². The quantitative estimate of drug-likeness (QED) is 0.0838. The second-order valence-electron chi connectivity index (χ2n) is 11.6. The summed E-state index contributed by atoms with van der Waals surface area (Å²) in [7, 11) is 5.18. The van der Waals surface area contributed by atoms with E-state index >= 15 is 0 Å². The van der Waals surface area contributed by atoms with Crippen molar-refractivity contribution in [2.45, 2.75) is 156 Å². The molecule has 208 valence electrons. The van der Waals surface area contributed by atoms with Crippen molar-refractivity contribution in [1.82, 2.24) is 5.06 Å². The Morgan fingerprint density at radius 1 is 0.618 bits per heavy atom. The maximum Gasteiger partial charge on any atom is 0.0779 e. The van der Waals surface area contributed by atoms with E-state index in [1.54, 1.807) is 21.1 Å². The summed E-state index contributed by atoms with van der Waals surface area (Å²) in [5.41, 5.74) is 0. The third kappa shape index (κ3) is 39.1. The molecule has 34 heavy (non-hydrogen) atoms. The molecule has 0 spiro atoms. The minimum atomic E-state index is -0.131. The van der Waals surface area contributed by atoms with E-state index in [-0.39, 0.29) is 4.65 Å². The van der Waals surface area contributed by atoms with Crippen LogP contribution in [0, 0.1) is 11.1 Å². The van der Waals surface area contributed by atoms with Crippen molar-refractivity contribution in [2.75, 3.05) is 34.2 Å². The Labute approximate surface area is 216 Å². The molecular weight excluding hydrogens is 420 g/mol. The van der Waals surface area contributed by atoms with Crippen LogP contribution in [-0.2, 0) is 0 Å². The van der Waals surface area contributed by atoms with E-state index in [0.29, 0.717) is 0 Å². The van der Waals surface area contributed by atoms with Gasteiger partial charge in [-0.15, -0.1) is 0 Å². The van der Waals surface area contributed by atoms with Gasteiger partial charge in [0.25, 0.3) is 0 Å². The predicted octanol–water partition coefficient (Wildman–Crippen LogP) is 9.74. The third-order valence-electron chi connectivity index (χ3n) is 6.56. The smallest absolute Gasteiger partial charge is 0.0779 e. The van der Waals surface area contributed by atoms with Crippen LogP contribution in [0.2, 0.25) is 0 Å². The van der Waals surface area contributed by atoms with Gasteiger partial charge in [-0.05, 0) is 25.2 Å². The van der Waals surface area contributed by atoms with Crippen LogP contribution in [0.1, 0.15) is 156 Å². The molecule has 4 heteroatoms. The Kier molecular flexibility index (Phi) is 29.0. The van der Waals surface area contributed by atoms with Crippen LogP contribution < -0.4 is 0 Å². The molecule has 0 rings (SSSR count). The van der Waals surface area contributed by atoms with Gasteiger partial charge in [-0.2, -0.15) is 5.06 Å². The van der Waals surface area contributed by atoms with Crippen LogP contribution in [0.3, 0.4) is 0 Å². The minimum absolute atomic E-state index is 0.131. The van der Waals surface area contributed by atoms with E-state index in [9.17, 15) is 5.21 Å². The fourth-order valence-corrected chi connectivity index (χ4v) is 4.29. The van der Waals surface area contributed by atoms with E-state index in [1.165, 1.54) is 127 Å². The molecule has 0 saturated heterocycles. The number of hydrogen-bond donors (Lipinski definition) is 1. The van der Waals surface area contributed by atoms with Gasteiger partial charge in [-0.3, -0.25) is 0 Å². The number of unbranched alkanes of at least 4 members (excludes halogenated alkanes) is 18. The van der Waals surface area contributed by atoms with Gasteiger partial charge < -0.3 is 15.1 Å². The van der Waals surface area contributed by atoms with E-state index < -0.39 is 0 Å². The summed E-state index contributed by atoms with van der Waals surface area (Å²) >= 11 is 0. The van der Waals surface area contributed by atoms with Crippen LogP contribution in [-0.4, -0.2) is 49.1 Å². The zero-order valence-electron chi connectivity index (χ0n) is 24.6. The van der Waals surface area contributed by atoms with Crippen molar-refractivity contribution in [1.29, 1.82) is 0 Å². The average Bonchev–Trinajstić information content (AvgIpc) is 2.75. The fraction of sp³-hybridized carbons (Fsp3) is 1.00. The van der Waals surface area contributed by atoms with E-state index in [1.807, 2.05) is 0 Å². The lowest BCUT2D eigenvalue weighted by Crippen LogP contribution is -2.32. The van der Waals surface area contributed by atoms with Crippen LogP contribution in [0.4, 0.5) is 0 Å². The standard InChI is InChI=1S/C16H35NO.C14H31NO/c1-3-4-5-6-7-8-9-10-11-12-13-14-15-16-17(2)18;1-14(2)12-10-8-6-5-7-9-11-13-15(3,4)16/h18H,3-16H2,1-2H3;14H,5-13H2,1-4H3. The molecule has 0 radical (unpaired) electrons. The molecule has 4 nitrogen and oxygen atoms in total. The predicted molar refractivity (Wildman–Crippen MR) is 152 cm³/mol. The van der Waals surface area contributed by atoms with Crippen LogP contribution in [0.25, 0.3) is 0 Å². The lowest BCUT2D eigenvalue weighted by Gasteiger charge is -2.33. The van der Waals surface area contributed by atoms with Crippen molar-refractivity contribution in [3.8, 4) is 0 Å². The summed E-state index contributed by atoms with van der Waals surface area (Å²) in [6.07, 6.45) is 28.4. The highest BCUT2D eigenvalue weighted by atomic mass is 16.5. The van der Waals surface area contributed by atoms with Gasteiger partial charge in [0.1, 0.15) is 0 Å². The lowest BCUT2D eigenvalue weighted by molar-refractivity contribution is -0.840. The monoisotopic (exact) mass is 487 g/mol. The van der Waals surface area contributed by atoms with Gasteiger partial charge in [0.15, 0.2) is 0 Å². The Bertz CT molecular complexity index is 367. The molecule has 0 amide bonds. The van der Waals surface area contributed by atoms with E-state index in [2.05, 4.69) is 20.8 Å². The number of hydroxylamine groups is 5. The van der Waals surface area contributed by atoms with Gasteiger partial charge in [0, 0.05) is 13.6 Å². The SMILES string of the molecule is CC(C)CCCCCCCCC[N+](C)(C)[O-].CCCCCCCCCCCCCCCN(C)O. The fourth-order valence-electron chi connectivity index (χ4n) is 4.29. The maximum absolute atomic E-state index is 11.3. The van der Waals surface area contributed by atoms with Crippen molar-refractivity contribution in [3.05, 3.63) is 5.21 Å². The molecule has 0 aliphatic rings. The first-order valence-electron chi connectivity index (χ1n) is 15.1. The first kappa shape index (κ1) is 36.0. The third-order valence-corrected chi connectivity index (χ3v) is 6.56. The molecule has 1 N–H and O–H groups in total. The van der Waals surface area contributed by atoms with Crippen LogP contribution >= 0.6 is 0 Å². The Morgan fingerprint density at radius 3 is 1.32 bits per heavy atom. The summed E-state index contributed by atoms with van der Waals surface area (Å²) in [4.78, 5) is 0. The highest BCUT2D eigenvalue weighted by Crippen LogP contribution is 2.13. The highest BCUT2D eigenvalue weighted by molar-refractivity contribution is 4.50. The number of nitrogens with zero attached hydrogens (tertiary/aromatic N) is 2. The first-order chi connectivity index (χ1) is 16.2. The zero-order valence-corrected chi connectivity index (χ0v) is 24.6. The molecule has 0 saturated carbocycles. The van der Waals surface area contributed by atoms with Gasteiger partial charge in [-0.25, -0.2) is 0 Å². The highest BCUT2D eigenvalue weighted by Gasteiger charge is 2.01. The summed E-state index contributed by atoms with van der Waals surface area (Å²) in [5, 5.41) is 21.5. The molecule has 0 unspecified atom stereocenters. The Hall–Kier alpha value is -0.160. The summed E-state index contributed by atoms with van der Waals surface area (Å²) in [5.74, 6) is 0.858. The second kappa shape index (κ2) is 27.4. The zero-order chi connectivity index (χ0) is 25.9. The largest absolute Gasteiger partial charge is 0.633 e. The van der Waals surface area contributed by atoms with Gasteiger partial charge in [0.2, 0.25) is 0 Å². The van der Waals surface area contributed by atoms with E-state index in [4.69, 9.17) is 5.21 Å². The van der Waals surface area contributed by atoms with Crippen molar-refractivity contribution >= 4 is 0 Å². The molecular formula is C30H66N2O2. The Morgan fingerprint density at radius 2 is 0.971 bits per heavy atom. The normalized spacial score (nSPS) is 11.8. The number of rotatable bonds is 24. The molecule has 0 aromatic rings.